The summed E-state index contributed by atoms with van der Waals surface area (Å²) in [5.41, 5.74) is 3.71. The van der Waals surface area contributed by atoms with Crippen molar-refractivity contribution in [2.75, 3.05) is 6.54 Å². The maximum absolute atomic E-state index is 4.54. The molecule has 0 atom stereocenters. The van der Waals surface area contributed by atoms with E-state index in [-0.39, 0.29) is 0 Å². The van der Waals surface area contributed by atoms with Gasteiger partial charge in [-0.3, -0.25) is 0 Å². The highest BCUT2D eigenvalue weighted by atomic mass is 14.9. The molecule has 70 valence electrons. The first-order valence-electron chi connectivity index (χ1n) is 4.87. The largest absolute Gasteiger partial charge is 0.312 e. The fraction of sp³-hybridized carbons (Fsp3) is 0.600. The van der Waals surface area contributed by atoms with E-state index in [2.05, 4.69) is 29.1 Å². The molecule has 0 spiro atoms. The van der Waals surface area contributed by atoms with Crippen molar-refractivity contribution in [2.24, 2.45) is 0 Å². The lowest BCUT2D eigenvalue weighted by molar-refractivity contribution is 0.615. The molecule has 0 saturated heterocycles. The molecule has 0 bridgehead atoms. The van der Waals surface area contributed by atoms with Crippen molar-refractivity contribution in [3.05, 3.63) is 22.8 Å². The van der Waals surface area contributed by atoms with Crippen LogP contribution in [0.15, 0.2) is 0 Å². The summed E-state index contributed by atoms with van der Waals surface area (Å²) in [4.78, 5) is 9.00. The van der Waals surface area contributed by atoms with E-state index in [1.165, 1.54) is 11.3 Å². The van der Waals surface area contributed by atoms with Crippen LogP contribution in [0, 0.1) is 6.92 Å². The predicted octanol–water partition coefficient (Wildman–Crippen LogP) is 0.993. The van der Waals surface area contributed by atoms with Crippen molar-refractivity contribution >= 4 is 0 Å². The Morgan fingerprint density at radius 1 is 1.38 bits per heavy atom. The van der Waals surface area contributed by atoms with Gasteiger partial charge in [-0.15, -0.1) is 0 Å². The Bertz CT molecular complexity index is 320. The molecule has 2 heterocycles. The number of fused-ring (bicyclic) bond motifs is 1. The van der Waals surface area contributed by atoms with Gasteiger partial charge in [-0.25, -0.2) is 9.97 Å². The molecule has 3 heteroatoms. The van der Waals surface area contributed by atoms with E-state index in [4.69, 9.17) is 0 Å². The SMILES string of the molecule is CCc1nc(C)c2c(n1)CCNC2. The van der Waals surface area contributed by atoms with E-state index in [9.17, 15) is 0 Å². The third-order valence-corrected chi connectivity index (χ3v) is 2.50. The summed E-state index contributed by atoms with van der Waals surface area (Å²) in [6.45, 7) is 6.16. The number of nitrogens with zero attached hydrogens (tertiary/aromatic N) is 2. The van der Waals surface area contributed by atoms with E-state index in [1.54, 1.807) is 0 Å². The molecule has 1 aliphatic heterocycles. The van der Waals surface area contributed by atoms with E-state index in [0.717, 1.165) is 37.4 Å². The normalized spacial score (nSPS) is 15.5. The van der Waals surface area contributed by atoms with E-state index in [1.807, 2.05) is 0 Å². The zero-order chi connectivity index (χ0) is 9.26. The smallest absolute Gasteiger partial charge is 0.128 e. The minimum atomic E-state index is 0.932. The highest BCUT2D eigenvalue weighted by molar-refractivity contribution is 5.27. The summed E-state index contributed by atoms with van der Waals surface area (Å²) in [7, 11) is 0. The van der Waals surface area contributed by atoms with Crippen LogP contribution < -0.4 is 5.32 Å². The molecule has 2 rings (SSSR count). The van der Waals surface area contributed by atoms with Crippen LogP contribution >= 0.6 is 0 Å². The highest BCUT2D eigenvalue weighted by Gasteiger charge is 2.13. The number of aryl methyl sites for hydroxylation is 2. The Balaban J connectivity index is 2.47. The summed E-state index contributed by atoms with van der Waals surface area (Å²) in [5, 5.41) is 3.34. The topological polar surface area (TPSA) is 37.8 Å². The van der Waals surface area contributed by atoms with Crippen LogP contribution in [0.4, 0.5) is 0 Å². The third kappa shape index (κ3) is 1.56. The van der Waals surface area contributed by atoms with Crippen molar-refractivity contribution in [1.29, 1.82) is 0 Å². The van der Waals surface area contributed by atoms with Gasteiger partial charge in [-0.1, -0.05) is 6.92 Å². The summed E-state index contributed by atoms with van der Waals surface area (Å²) in [6, 6.07) is 0. The van der Waals surface area contributed by atoms with Gasteiger partial charge in [0, 0.05) is 37.2 Å². The summed E-state index contributed by atoms with van der Waals surface area (Å²) >= 11 is 0. The lowest BCUT2D eigenvalue weighted by Crippen LogP contribution is -2.26. The monoisotopic (exact) mass is 177 g/mol. The van der Waals surface area contributed by atoms with E-state index < -0.39 is 0 Å². The molecule has 0 aromatic carbocycles. The zero-order valence-corrected chi connectivity index (χ0v) is 8.22. The van der Waals surface area contributed by atoms with Gasteiger partial charge in [0.1, 0.15) is 5.82 Å². The quantitative estimate of drug-likeness (QED) is 0.695. The molecule has 1 aromatic heterocycles. The Hall–Kier alpha value is -0.960. The molecule has 0 aliphatic carbocycles. The maximum atomic E-state index is 4.54. The van der Waals surface area contributed by atoms with Crippen LogP contribution in [0.5, 0.6) is 0 Å². The van der Waals surface area contributed by atoms with Gasteiger partial charge in [0.25, 0.3) is 0 Å². The van der Waals surface area contributed by atoms with Crippen LogP contribution in [-0.2, 0) is 19.4 Å². The Labute approximate surface area is 78.6 Å². The van der Waals surface area contributed by atoms with Crippen molar-refractivity contribution in [2.45, 2.75) is 33.2 Å². The molecule has 0 saturated carbocycles. The highest BCUT2D eigenvalue weighted by Crippen LogP contribution is 2.14. The van der Waals surface area contributed by atoms with Gasteiger partial charge in [0.2, 0.25) is 0 Å². The minimum absolute atomic E-state index is 0.932. The third-order valence-electron chi connectivity index (χ3n) is 2.50. The number of nitrogens with one attached hydrogen (secondary N) is 1. The lowest BCUT2D eigenvalue weighted by Gasteiger charge is -2.18. The van der Waals surface area contributed by atoms with Crippen molar-refractivity contribution in [3.63, 3.8) is 0 Å². The first kappa shape index (κ1) is 8.63. The Morgan fingerprint density at radius 3 is 3.00 bits per heavy atom. The second kappa shape index (κ2) is 3.42. The zero-order valence-electron chi connectivity index (χ0n) is 8.22. The molecule has 3 nitrogen and oxygen atoms in total. The van der Waals surface area contributed by atoms with Crippen molar-refractivity contribution < 1.29 is 0 Å². The molecule has 0 unspecified atom stereocenters. The number of hydrogen-bond donors (Lipinski definition) is 1. The van der Waals surface area contributed by atoms with Crippen LogP contribution in [-0.4, -0.2) is 16.5 Å². The fourth-order valence-corrected chi connectivity index (χ4v) is 1.73. The van der Waals surface area contributed by atoms with E-state index in [0.29, 0.717) is 0 Å². The van der Waals surface area contributed by atoms with Gasteiger partial charge < -0.3 is 5.32 Å². The van der Waals surface area contributed by atoms with Crippen LogP contribution in [0.25, 0.3) is 0 Å². The van der Waals surface area contributed by atoms with Gasteiger partial charge >= 0.3 is 0 Å². The lowest BCUT2D eigenvalue weighted by atomic mass is 10.1. The molecule has 1 N–H and O–H groups in total. The molecule has 13 heavy (non-hydrogen) atoms. The van der Waals surface area contributed by atoms with Gasteiger partial charge in [-0.2, -0.15) is 0 Å². The van der Waals surface area contributed by atoms with Crippen LogP contribution in [0.3, 0.4) is 0 Å². The molecule has 0 fully saturated rings. The van der Waals surface area contributed by atoms with Crippen LogP contribution in [0.2, 0.25) is 0 Å². The van der Waals surface area contributed by atoms with Crippen LogP contribution in [0.1, 0.15) is 29.7 Å². The summed E-state index contributed by atoms with van der Waals surface area (Å²) in [5.74, 6) is 0.984. The average molecular weight is 177 g/mol. The molecule has 0 radical (unpaired) electrons. The number of aromatic nitrogens is 2. The summed E-state index contributed by atoms with van der Waals surface area (Å²) < 4.78 is 0. The molecule has 0 amide bonds. The Morgan fingerprint density at radius 2 is 2.23 bits per heavy atom. The minimum Gasteiger partial charge on any atom is -0.312 e. The first-order valence-corrected chi connectivity index (χ1v) is 4.87. The summed E-state index contributed by atoms with van der Waals surface area (Å²) in [6.07, 6.45) is 1.98. The van der Waals surface area contributed by atoms with Gasteiger partial charge in [0.15, 0.2) is 0 Å². The second-order valence-electron chi connectivity index (χ2n) is 3.43. The first-order chi connectivity index (χ1) is 6.31. The number of hydrogen-bond acceptors (Lipinski definition) is 3. The van der Waals surface area contributed by atoms with Gasteiger partial charge in [-0.05, 0) is 6.92 Å². The fourth-order valence-electron chi connectivity index (χ4n) is 1.73. The van der Waals surface area contributed by atoms with Crippen molar-refractivity contribution in [1.82, 2.24) is 15.3 Å². The number of rotatable bonds is 1. The molecular formula is C10H15N3. The van der Waals surface area contributed by atoms with Crippen molar-refractivity contribution in [3.8, 4) is 0 Å². The maximum Gasteiger partial charge on any atom is 0.128 e. The van der Waals surface area contributed by atoms with E-state index >= 15 is 0 Å². The molecule has 1 aliphatic rings. The second-order valence-corrected chi connectivity index (χ2v) is 3.43. The molecular weight excluding hydrogens is 162 g/mol. The average Bonchev–Trinajstić information content (AvgIpc) is 2.18. The Kier molecular flexibility index (Phi) is 2.27. The standard InChI is InChI=1S/C10H15N3/c1-3-10-12-7(2)8-6-11-5-4-9(8)13-10/h11H,3-6H2,1-2H3. The predicted molar refractivity (Wildman–Crippen MR) is 51.6 cm³/mol. The molecule has 1 aromatic rings. The van der Waals surface area contributed by atoms with Gasteiger partial charge in [0.05, 0.1) is 5.69 Å².